The van der Waals surface area contributed by atoms with E-state index in [2.05, 4.69) is 124 Å². The fourth-order valence-corrected chi connectivity index (χ4v) is 0. The van der Waals surface area contributed by atoms with Crippen LogP contribution in [0.4, 0.5) is 0 Å². The average molecular weight is 439 g/mol. The predicted molar refractivity (Wildman–Crippen MR) is 159 cm³/mol. The quantitative estimate of drug-likeness (QED) is 0.330. The van der Waals surface area contributed by atoms with Gasteiger partial charge in [0.05, 0.1) is 0 Å². The van der Waals surface area contributed by atoms with E-state index < -0.39 is 0 Å². The van der Waals surface area contributed by atoms with Crippen molar-refractivity contribution in [3.05, 3.63) is 12.2 Å². The maximum atomic E-state index is 3.56. The maximum Gasteiger partial charge on any atom is -0.0445 e. The second kappa shape index (κ2) is 136. The van der Waals surface area contributed by atoms with Gasteiger partial charge in [0.1, 0.15) is 0 Å². The van der Waals surface area contributed by atoms with Crippen LogP contribution >= 0.6 is 0 Å². The first kappa shape index (κ1) is 63.0. The summed E-state index contributed by atoms with van der Waals surface area (Å²) in [7, 11) is 0. The minimum Gasteiger partial charge on any atom is -0.100 e. The van der Waals surface area contributed by atoms with Crippen molar-refractivity contribution in [2.24, 2.45) is 5.92 Å². The van der Waals surface area contributed by atoms with Gasteiger partial charge >= 0.3 is 0 Å². The third-order valence-corrected chi connectivity index (χ3v) is 0. The lowest BCUT2D eigenvalue weighted by Crippen LogP contribution is -1.66. The molecule has 0 fully saturated rings. The zero-order valence-electron chi connectivity index (χ0n) is 25.7. The van der Waals surface area contributed by atoms with Gasteiger partial charge in [-0.1, -0.05) is 176 Å². The number of hydrogen-bond acceptors (Lipinski definition) is 0. The summed E-state index contributed by atoms with van der Waals surface area (Å²) < 4.78 is 0. The van der Waals surface area contributed by atoms with Crippen LogP contribution in [0.25, 0.3) is 0 Å². The highest BCUT2D eigenvalue weighted by Crippen LogP contribution is 1.81. The molecule has 0 aromatic rings. The molecule has 0 amide bonds. The molecule has 0 heterocycles. The molecule has 0 radical (unpaired) electrons. The number of allylic oxidation sites excluding steroid dienone is 1. The van der Waals surface area contributed by atoms with E-state index in [1.165, 1.54) is 50.5 Å². The lowest BCUT2D eigenvalue weighted by atomic mass is 10.3. The first-order valence-electron chi connectivity index (χ1n) is 13.0. The molecular formula is C30H78. The molecule has 0 saturated carbocycles. The van der Waals surface area contributed by atoms with Crippen molar-refractivity contribution >= 4 is 0 Å². The van der Waals surface area contributed by atoms with E-state index >= 15 is 0 Å². The fourth-order valence-electron chi connectivity index (χ4n) is 0. The molecule has 0 aromatic heterocycles. The van der Waals surface area contributed by atoms with Crippen molar-refractivity contribution in [2.45, 2.75) is 184 Å². The first-order valence-corrected chi connectivity index (χ1v) is 13.0. The normalized spacial score (nSPS) is 6.27. The van der Waals surface area contributed by atoms with Crippen molar-refractivity contribution in [1.82, 2.24) is 0 Å². The summed E-state index contributed by atoms with van der Waals surface area (Å²) in [6.45, 7) is 43.8. The molecule has 0 N–H and O–H groups in total. The van der Waals surface area contributed by atoms with Crippen LogP contribution in [0, 0.1) is 5.92 Å². The molecule has 0 atom stereocenters. The predicted octanol–water partition coefficient (Wildman–Crippen LogP) is 13.8. The van der Waals surface area contributed by atoms with Gasteiger partial charge in [0, 0.05) is 0 Å². The van der Waals surface area contributed by atoms with Gasteiger partial charge in [0.15, 0.2) is 0 Å². The van der Waals surface area contributed by atoms with Crippen molar-refractivity contribution in [2.75, 3.05) is 0 Å². The Hall–Kier alpha value is -0.260. The van der Waals surface area contributed by atoms with Crippen molar-refractivity contribution in [1.29, 1.82) is 0 Å². The summed E-state index contributed by atoms with van der Waals surface area (Å²) in [5.41, 5.74) is 1.17. The molecule has 0 aliphatic rings. The molecule has 0 unspecified atom stereocenters. The SMILES string of the molecule is C.C=C(C)C.CC(C)C.CCC.CCC.CCC.CCC.CCC.CCC.CCC. The summed E-state index contributed by atoms with van der Waals surface area (Å²) >= 11 is 0. The Bertz CT molecular complexity index is 95.6. The highest BCUT2D eigenvalue weighted by atomic mass is 13.7. The third kappa shape index (κ3) is 293000. The molecule has 0 heteroatoms. The fraction of sp³-hybridized carbons (Fsp3) is 0.933. The van der Waals surface area contributed by atoms with Gasteiger partial charge in [-0.25, -0.2) is 0 Å². The lowest BCUT2D eigenvalue weighted by Gasteiger charge is -1.79. The summed E-state index contributed by atoms with van der Waals surface area (Å²) in [4.78, 5) is 0. The summed E-state index contributed by atoms with van der Waals surface area (Å²) in [6, 6.07) is 0. The van der Waals surface area contributed by atoms with E-state index in [1.54, 1.807) is 0 Å². The first-order chi connectivity index (χ1) is 13.4. The molecule has 198 valence electrons. The summed E-state index contributed by atoms with van der Waals surface area (Å²) in [5.74, 6) is 0.833. The van der Waals surface area contributed by atoms with Gasteiger partial charge in [0.2, 0.25) is 0 Å². The van der Waals surface area contributed by atoms with Gasteiger partial charge in [-0.15, -0.1) is 6.58 Å². The summed E-state index contributed by atoms with van der Waals surface area (Å²) in [6.07, 6.45) is 8.75. The number of rotatable bonds is 0. The lowest BCUT2D eigenvalue weighted by molar-refractivity contribution is 0.737. The second-order valence-electron chi connectivity index (χ2n) is 7.89. The van der Waals surface area contributed by atoms with E-state index in [4.69, 9.17) is 0 Å². The van der Waals surface area contributed by atoms with Gasteiger partial charge < -0.3 is 0 Å². The zero-order chi connectivity index (χ0) is 26.1. The van der Waals surface area contributed by atoms with E-state index in [0.29, 0.717) is 0 Å². The van der Waals surface area contributed by atoms with Crippen molar-refractivity contribution < 1.29 is 0 Å². The topological polar surface area (TPSA) is 0 Å². The average Bonchev–Trinajstić information content (AvgIpc) is 2.51. The molecule has 0 spiro atoms. The van der Waals surface area contributed by atoms with Gasteiger partial charge in [-0.2, -0.15) is 0 Å². The van der Waals surface area contributed by atoms with Crippen molar-refractivity contribution in [3.8, 4) is 0 Å². The van der Waals surface area contributed by atoms with Crippen molar-refractivity contribution in [3.63, 3.8) is 0 Å². The maximum absolute atomic E-state index is 3.56. The smallest absolute Gasteiger partial charge is 0.0445 e. The van der Waals surface area contributed by atoms with Gasteiger partial charge in [-0.05, 0) is 19.8 Å². The van der Waals surface area contributed by atoms with E-state index in [9.17, 15) is 0 Å². The Kier molecular flexibility index (Phi) is 286. The molecular weight excluding hydrogens is 360 g/mol. The van der Waals surface area contributed by atoms with Crippen LogP contribution in [0.2, 0.25) is 0 Å². The molecule has 0 aromatic carbocycles. The Morgan fingerprint density at radius 2 is 0.433 bits per heavy atom. The Morgan fingerprint density at radius 3 is 0.433 bits per heavy atom. The van der Waals surface area contributed by atoms with Crippen LogP contribution in [0.5, 0.6) is 0 Å². The molecule has 0 aliphatic carbocycles. The van der Waals surface area contributed by atoms with Crippen LogP contribution in [-0.2, 0) is 0 Å². The molecule has 30 heavy (non-hydrogen) atoms. The second-order valence-corrected chi connectivity index (χ2v) is 7.89. The van der Waals surface area contributed by atoms with Crippen LogP contribution in [0.3, 0.4) is 0 Å². The molecule has 0 bridgehead atoms. The minimum atomic E-state index is 0. The van der Waals surface area contributed by atoms with E-state index in [0.717, 1.165) is 5.92 Å². The zero-order valence-corrected chi connectivity index (χ0v) is 25.7. The monoisotopic (exact) mass is 439 g/mol. The molecule has 0 aliphatic heterocycles. The Morgan fingerprint density at radius 1 is 0.433 bits per heavy atom. The Labute approximate surface area is 202 Å². The highest BCUT2D eigenvalue weighted by molar-refractivity contribution is 4.78. The minimum absolute atomic E-state index is 0. The highest BCUT2D eigenvalue weighted by Gasteiger charge is 1.68. The standard InChI is InChI=1S/C4H10.C4H8.7C3H8.CH4/c2*1-4(2)3;7*1-3-2;/h4H,1-3H3;1H2,2-3H3;7*3H2,1-2H3;1H4. The molecule has 0 nitrogen and oxygen atoms in total. The van der Waals surface area contributed by atoms with Crippen LogP contribution < -0.4 is 0 Å². The van der Waals surface area contributed by atoms with Crippen LogP contribution in [-0.4, -0.2) is 0 Å². The van der Waals surface area contributed by atoms with E-state index in [1.807, 2.05) is 13.8 Å². The van der Waals surface area contributed by atoms with Crippen LogP contribution in [0.1, 0.15) is 184 Å². The van der Waals surface area contributed by atoms with Gasteiger partial charge in [0.25, 0.3) is 0 Å². The molecule has 0 saturated heterocycles. The van der Waals surface area contributed by atoms with Crippen LogP contribution in [0.15, 0.2) is 12.2 Å². The summed E-state index contributed by atoms with van der Waals surface area (Å²) in [5, 5.41) is 0. The van der Waals surface area contributed by atoms with E-state index in [-0.39, 0.29) is 7.43 Å². The largest absolute Gasteiger partial charge is 0.100 e. The van der Waals surface area contributed by atoms with Gasteiger partial charge in [-0.3, -0.25) is 0 Å². The number of hydrogen-bond donors (Lipinski definition) is 0. The third-order valence-electron chi connectivity index (χ3n) is 0. The molecule has 0 rings (SSSR count). The Balaban J connectivity index is -0.0000000187.